The van der Waals surface area contributed by atoms with E-state index in [1.54, 1.807) is 0 Å². The Morgan fingerprint density at radius 2 is 1.95 bits per heavy atom. The van der Waals surface area contributed by atoms with E-state index in [4.69, 9.17) is 9.84 Å². The van der Waals surface area contributed by atoms with Crippen LogP contribution in [0.2, 0.25) is 0 Å². The summed E-state index contributed by atoms with van der Waals surface area (Å²) < 4.78 is 20.0. The summed E-state index contributed by atoms with van der Waals surface area (Å²) in [6.07, 6.45) is 5.39. The minimum absolute atomic E-state index is 0.0246. The highest BCUT2D eigenvalue weighted by molar-refractivity contribution is 5.83. The highest BCUT2D eigenvalue weighted by atomic mass is 19.1. The van der Waals surface area contributed by atoms with Crippen LogP contribution >= 0.6 is 0 Å². The molecule has 120 valence electrons. The molecule has 4 bridgehead atoms. The van der Waals surface area contributed by atoms with E-state index in [2.05, 4.69) is 5.32 Å². The monoisotopic (exact) mass is 299 g/mol. The van der Waals surface area contributed by atoms with E-state index in [0.29, 0.717) is 50.9 Å². The second kappa shape index (κ2) is 5.84. The number of amides is 1. The third kappa shape index (κ3) is 3.09. The van der Waals surface area contributed by atoms with Crippen molar-refractivity contribution in [1.29, 1.82) is 0 Å². The lowest BCUT2D eigenvalue weighted by molar-refractivity contribution is -0.160. The normalized spacial score (nSPS) is 40.5. The molecule has 0 saturated heterocycles. The predicted molar refractivity (Wildman–Crippen MR) is 76.5 cm³/mol. The Bertz CT molecular complexity index is 387. The van der Waals surface area contributed by atoms with Crippen LogP contribution in [0.3, 0.4) is 0 Å². The highest BCUT2D eigenvalue weighted by Crippen LogP contribution is 2.62. The molecule has 0 aromatic carbocycles. The van der Waals surface area contributed by atoms with Crippen LogP contribution < -0.4 is 5.32 Å². The van der Waals surface area contributed by atoms with Crippen LogP contribution in [0.5, 0.6) is 0 Å². The molecule has 2 unspecified atom stereocenters. The maximum Gasteiger partial charge on any atom is 0.226 e. The fourth-order valence-electron chi connectivity index (χ4n) is 5.15. The molecule has 4 aliphatic rings. The lowest BCUT2D eigenvalue weighted by atomic mass is 9.48. The minimum atomic E-state index is -1.08. The molecule has 4 nitrogen and oxygen atoms in total. The van der Waals surface area contributed by atoms with Gasteiger partial charge in [-0.2, -0.15) is 0 Å². The Morgan fingerprint density at radius 1 is 1.24 bits per heavy atom. The van der Waals surface area contributed by atoms with Gasteiger partial charge in [0.25, 0.3) is 0 Å². The zero-order chi connectivity index (χ0) is 14.9. The van der Waals surface area contributed by atoms with Crippen molar-refractivity contribution in [3.8, 4) is 0 Å². The SMILES string of the molecule is O=C(NCCCOCCO)C12CC3CC(CC(F)(C3)C1)C2. The lowest BCUT2D eigenvalue weighted by Crippen LogP contribution is -2.58. The van der Waals surface area contributed by atoms with Crippen molar-refractivity contribution in [3.05, 3.63) is 0 Å². The van der Waals surface area contributed by atoms with E-state index >= 15 is 0 Å². The second-order valence-corrected chi connectivity index (χ2v) is 7.34. The molecular weight excluding hydrogens is 273 g/mol. The topological polar surface area (TPSA) is 58.6 Å². The molecule has 0 spiro atoms. The number of hydrogen-bond donors (Lipinski definition) is 2. The molecule has 4 aliphatic carbocycles. The fraction of sp³-hybridized carbons (Fsp3) is 0.938. The Morgan fingerprint density at radius 3 is 2.57 bits per heavy atom. The average Bonchev–Trinajstić information content (AvgIpc) is 2.39. The molecule has 4 rings (SSSR count). The van der Waals surface area contributed by atoms with E-state index in [9.17, 15) is 9.18 Å². The number of carbonyl (C=O) groups is 1. The number of aliphatic hydroxyl groups is 1. The van der Waals surface area contributed by atoms with Gasteiger partial charge in [-0.05, 0) is 56.8 Å². The Kier molecular flexibility index (Phi) is 4.23. The molecule has 5 heteroatoms. The van der Waals surface area contributed by atoms with Crippen molar-refractivity contribution in [2.75, 3.05) is 26.4 Å². The molecule has 0 aliphatic heterocycles. The molecule has 1 amide bonds. The quantitative estimate of drug-likeness (QED) is 0.705. The first-order valence-corrected chi connectivity index (χ1v) is 8.21. The summed E-state index contributed by atoms with van der Waals surface area (Å²) in [6.45, 7) is 1.47. The molecule has 21 heavy (non-hydrogen) atoms. The predicted octanol–water partition coefficient (Wildman–Crippen LogP) is 1.81. The Balaban J connectivity index is 1.50. The molecule has 0 radical (unpaired) electrons. The first-order valence-electron chi connectivity index (χ1n) is 8.21. The van der Waals surface area contributed by atoms with Crippen molar-refractivity contribution in [1.82, 2.24) is 5.32 Å². The fourth-order valence-corrected chi connectivity index (χ4v) is 5.15. The Labute approximate surface area is 125 Å². The summed E-state index contributed by atoms with van der Waals surface area (Å²) in [6, 6.07) is 0. The van der Waals surface area contributed by atoms with Gasteiger partial charge in [0.05, 0.1) is 18.6 Å². The molecule has 0 aromatic rings. The van der Waals surface area contributed by atoms with Gasteiger partial charge >= 0.3 is 0 Å². The van der Waals surface area contributed by atoms with Crippen LogP contribution in [0.1, 0.15) is 44.9 Å². The van der Waals surface area contributed by atoms with E-state index in [-0.39, 0.29) is 12.5 Å². The van der Waals surface area contributed by atoms with Gasteiger partial charge in [-0.15, -0.1) is 0 Å². The van der Waals surface area contributed by atoms with Gasteiger partial charge in [-0.1, -0.05) is 0 Å². The van der Waals surface area contributed by atoms with Crippen LogP contribution in [0.4, 0.5) is 4.39 Å². The summed E-state index contributed by atoms with van der Waals surface area (Å²) in [5, 5.41) is 11.6. The van der Waals surface area contributed by atoms with Gasteiger partial charge in [0, 0.05) is 13.2 Å². The molecule has 4 fully saturated rings. The van der Waals surface area contributed by atoms with Crippen molar-refractivity contribution < 1.29 is 19.0 Å². The van der Waals surface area contributed by atoms with E-state index in [0.717, 1.165) is 25.7 Å². The number of hydrogen-bond acceptors (Lipinski definition) is 3. The van der Waals surface area contributed by atoms with Crippen molar-refractivity contribution in [2.24, 2.45) is 17.3 Å². The maximum absolute atomic E-state index is 14.8. The van der Waals surface area contributed by atoms with E-state index in [1.165, 1.54) is 0 Å². The number of halogens is 1. The van der Waals surface area contributed by atoms with E-state index in [1.807, 2.05) is 0 Å². The number of rotatable bonds is 7. The van der Waals surface area contributed by atoms with E-state index < -0.39 is 11.1 Å². The highest BCUT2D eigenvalue weighted by Gasteiger charge is 2.61. The third-order valence-electron chi connectivity index (χ3n) is 5.46. The number of alkyl halides is 1. The minimum Gasteiger partial charge on any atom is -0.394 e. The standard InChI is InChI=1S/C16H26FNO3/c17-16-9-12-6-13(10-16)8-15(7-12,11-16)14(20)18-2-1-4-21-5-3-19/h12-13,19H,1-11H2,(H,18,20). The lowest BCUT2D eigenvalue weighted by Gasteiger charge is -2.58. The van der Waals surface area contributed by atoms with Gasteiger partial charge in [0.2, 0.25) is 5.91 Å². The number of ether oxygens (including phenoxy) is 1. The molecule has 2 N–H and O–H groups in total. The molecule has 0 aromatic heterocycles. The molecule has 2 atom stereocenters. The summed E-state index contributed by atoms with van der Waals surface area (Å²) in [4.78, 5) is 12.6. The second-order valence-electron chi connectivity index (χ2n) is 7.34. The maximum atomic E-state index is 14.8. The molecule has 0 heterocycles. The summed E-state index contributed by atoms with van der Waals surface area (Å²) in [5.74, 6) is 0.880. The largest absolute Gasteiger partial charge is 0.394 e. The zero-order valence-electron chi connectivity index (χ0n) is 12.6. The van der Waals surface area contributed by atoms with Crippen LogP contribution in [-0.2, 0) is 9.53 Å². The summed E-state index contributed by atoms with van der Waals surface area (Å²) >= 11 is 0. The first kappa shape index (κ1) is 15.2. The van der Waals surface area contributed by atoms with Gasteiger partial charge in [-0.3, -0.25) is 4.79 Å². The van der Waals surface area contributed by atoms with Gasteiger partial charge < -0.3 is 15.2 Å². The van der Waals surface area contributed by atoms with Crippen LogP contribution in [0, 0.1) is 17.3 Å². The van der Waals surface area contributed by atoms with Gasteiger partial charge in [0.15, 0.2) is 0 Å². The van der Waals surface area contributed by atoms with Crippen molar-refractivity contribution in [3.63, 3.8) is 0 Å². The smallest absolute Gasteiger partial charge is 0.226 e. The number of nitrogens with one attached hydrogen (secondary N) is 1. The van der Waals surface area contributed by atoms with Crippen molar-refractivity contribution >= 4 is 5.91 Å². The summed E-state index contributed by atoms with van der Waals surface area (Å²) in [5.41, 5.74) is -1.52. The number of carbonyl (C=O) groups excluding carboxylic acids is 1. The average molecular weight is 299 g/mol. The molecule has 4 saturated carbocycles. The van der Waals surface area contributed by atoms with Crippen molar-refractivity contribution in [2.45, 2.75) is 50.6 Å². The summed E-state index contributed by atoms with van der Waals surface area (Å²) in [7, 11) is 0. The Hall–Kier alpha value is -0.680. The zero-order valence-corrected chi connectivity index (χ0v) is 12.6. The van der Waals surface area contributed by atoms with Gasteiger partial charge in [-0.25, -0.2) is 4.39 Å². The van der Waals surface area contributed by atoms with Crippen LogP contribution in [-0.4, -0.2) is 43.0 Å². The van der Waals surface area contributed by atoms with Gasteiger partial charge in [0.1, 0.15) is 5.67 Å². The van der Waals surface area contributed by atoms with Crippen LogP contribution in [0.25, 0.3) is 0 Å². The number of aliphatic hydroxyl groups excluding tert-OH is 1. The first-order chi connectivity index (χ1) is 10.1. The molecular formula is C16H26FNO3. The van der Waals surface area contributed by atoms with Crippen LogP contribution in [0.15, 0.2) is 0 Å². The third-order valence-corrected chi connectivity index (χ3v) is 5.46.